The van der Waals surface area contributed by atoms with E-state index in [1.165, 1.54) is 23.1 Å². The number of nitrogens with zero attached hydrogens (tertiary/aromatic N) is 2. The van der Waals surface area contributed by atoms with E-state index in [1.807, 2.05) is 19.9 Å². The van der Waals surface area contributed by atoms with Gasteiger partial charge in [0.1, 0.15) is 23.5 Å². The van der Waals surface area contributed by atoms with Crippen LogP contribution in [0.2, 0.25) is 0 Å². The summed E-state index contributed by atoms with van der Waals surface area (Å²) in [4.78, 5) is 29.0. The molecule has 0 saturated carbocycles. The number of nitrogens with one attached hydrogen (secondary N) is 1. The Morgan fingerprint density at radius 1 is 1.38 bits per heavy atom. The van der Waals surface area contributed by atoms with Gasteiger partial charge in [0, 0.05) is 29.8 Å². The second kappa shape index (κ2) is 6.30. The third-order valence-corrected chi connectivity index (χ3v) is 4.69. The first kappa shape index (κ1) is 17.7. The third-order valence-electron chi connectivity index (χ3n) is 4.69. The summed E-state index contributed by atoms with van der Waals surface area (Å²) in [5, 5.41) is 18.8. The standard InChI is InChI=1S/C19H18FN3O3/c1-19(2)10-23(17(24)11-4-3-5-12(20)6-11)9-14(18(25)26)16-15(19)7-13(8-21)22-16/h3-7,14,22H,9-10H2,1-2H3,(H,25,26). The molecule has 0 fully saturated rings. The first-order valence-electron chi connectivity index (χ1n) is 8.14. The van der Waals surface area contributed by atoms with Crippen LogP contribution in [-0.4, -0.2) is 40.0 Å². The number of aromatic amines is 1. The molecule has 7 heteroatoms. The Balaban J connectivity index is 2.04. The predicted molar refractivity (Wildman–Crippen MR) is 91.2 cm³/mol. The van der Waals surface area contributed by atoms with Gasteiger partial charge in [-0.2, -0.15) is 5.26 Å². The molecule has 1 aromatic heterocycles. The first-order chi connectivity index (χ1) is 12.2. The monoisotopic (exact) mass is 355 g/mol. The molecule has 2 N–H and O–H groups in total. The highest BCUT2D eigenvalue weighted by Crippen LogP contribution is 2.36. The number of amides is 1. The Labute approximate surface area is 149 Å². The van der Waals surface area contributed by atoms with Gasteiger partial charge in [-0.15, -0.1) is 0 Å². The summed E-state index contributed by atoms with van der Waals surface area (Å²) in [5.41, 5.74) is 1.03. The molecule has 2 heterocycles. The van der Waals surface area contributed by atoms with Gasteiger partial charge in [-0.25, -0.2) is 4.39 Å². The van der Waals surface area contributed by atoms with Crippen LogP contribution in [-0.2, 0) is 10.2 Å². The van der Waals surface area contributed by atoms with Crippen molar-refractivity contribution < 1.29 is 19.1 Å². The zero-order valence-corrected chi connectivity index (χ0v) is 14.4. The van der Waals surface area contributed by atoms with E-state index in [9.17, 15) is 19.1 Å². The Morgan fingerprint density at radius 2 is 2.12 bits per heavy atom. The van der Waals surface area contributed by atoms with E-state index in [-0.39, 0.29) is 18.7 Å². The Bertz CT molecular complexity index is 926. The van der Waals surface area contributed by atoms with Crippen LogP contribution in [0.15, 0.2) is 30.3 Å². The van der Waals surface area contributed by atoms with Gasteiger partial charge in [0.05, 0.1) is 0 Å². The van der Waals surface area contributed by atoms with Crippen molar-refractivity contribution >= 4 is 11.9 Å². The molecule has 0 aliphatic carbocycles. The highest BCUT2D eigenvalue weighted by atomic mass is 19.1. The molecular formula is C19H18FN3O3. The second-order valence-corrected chi connectivity index (χ2v) is 7.09. The summed E-state index contributed by atoms with van der Waals surface area (Å²) in [7, 11) is 0. The minimum absolute atomic E-state index is 0.0630. The fraction of sp³-hybridized carbons (Fsp3) is 0.316. The number of carbonyl (C=O) groups excluding carboxylic acids is 1. The molecule has 1 aliphatic rings. The number of hydrogen-bond donors (Lipinski definition) is 2. The number of carboxylic acid groups (broad SMARTS) is 1. The van der Waals surface area contributed by atoms with E-state index in [1.54, 1.807) is 6.07 Å². The van der Waals surface area contributed by atoms with Crippen molar-refractivity contribution in [2.75, 3.05) is 13.1 Å². The topological polar surface area (TPSA) is 97.2 Å². The quantitative estimate of drug-likeness (QED) is 0.865. The molecule has 1 amide bonds. The molecule has 26 heavy (non-hydrogen) atoms. The number of benzene rings is 1. The third kappa shape index (κ3) is 3.06. The summed E-state index contributed by atoms with van der Waals surface area (Å²) in [6.07, 6.45) is 0. The van der Waals surface area contributed by atoms with Crippen LogP contribution in [0.4, 0.5) is 4.39 Å². The minimum Gasteiger partial charge on any atom is -0.481 e. The number of rotatable bonds is 2. The molecule has 1 aliphatic heterocycles. The number of H-pyrrole nitrogens is 1. The number of nitriles is 1. The lowest BCUT2D eigenvalue weighted by atomic mass is 9.83. The minimum atomic E-state index is -1.09. The van der Waals surface area contributed by atoms with Gasteiger partial charge in [-0.3, -0.25) is 9.59 Å². The van der Waals surface area contributed by atoms with Gasteiger partial charge in [0.2, 0.25) is 0 Å². The summed E-state index contributed by atoms with van der Waals surface area (Å²) in [6.45, 7) is 3.96. The van der Waals surface area contributed by atoms with Crippen LogP contribution in [0.25, 0.3) is 0 Å². The number of hydrogen-bond acceptors (Lipinski definition) is 3. The molecule has 134 valence electrons. The Morgan fingerprint density at radius 3 is 2.73 bits per heavy atom. The van der Waals surface area contributed by atoms with Crippen LogP contribution in [0.1, 0.15) is 47.1 Å². The van der Waals surface area contributed by atoms with Crippen LogP contribution < -0.4 is 0 Å². The number of aliphatic carboxylic acids is 1. The van der Waals surface area contributed by atoms with Crippen molar-refractivity contribution in [1.82, 2.24) is 9.88 Å². The Kier molecular flexibility index (Phi) is 4.28. The first-order valence-corrected chi connectivity index (χ1v) is 8.14. The molecule has 0 radical (unpaired) electrons. The van der Waals surface area contributed by atoms with Crippen LogP contribution >= 0.6 is 0 Å². The van der Waals surface area contributed by atoms with E-state index >= 15 is 0 Å². The number of halogens is 1. The Hall–Kier alpha value is -3.14. The van der Waals surface area contributed by atoms with E-state index in [4.69, 9.17) is 5.26 Å². The van der Waals surface area contributed by atoms with Gasteiger partial charge >= 0.3 is 5.97 Å². The average Bonchev–Trinajstić information content (AvgIpc) is 2.98. The van der Waals surface area contributed by atoms with Gasteiger partial charge in [-0.05, 0) is 29.8 Å². The summed E-state index contributed by atoms with van der Waals surface area (Å²) >= 11 is 0. The molecule has 0 bridgehead atoms. The zero-order valence-electron chi connectivity index (χ0n) is 14.4. The molecule has 1 unspecified atom stereocenters. The molecule has 2 aromatic rings. The maximum Gasteiger partial charge on any atom is 0.314 e. The van der Waals surface area contributed by atoms with Crippen molar-refractivity contribution in [1.29, 1.82) is 5.26 Å². The van der Waals surface area contributed by atoms with E-state index < -0.39 is 29.0 Å². The smallest absolute Gasteiger partial charge is 0.314 e. The van der Waals surface area contributed by atoms with Crippen LogP contribution in [0.3, 0.4) is 0 Å². The molecule has 0 saturated heterocycles. The van der Waals surface area contributed by atoms with Crippen molar-refractivity contribution in [3.05, 3.63) is 58.7 Å². The summed E-state index contributed by atoms with van der Waals surface area (Å²) < 4.78 is 13.5. The summed E-state index contributed by atoms with van der Waals surface area (Å²) in [5.74, 6) is -3.03. The lowest BCUT2D eigenvalue weighted by Crippen LogP contribution is -2.41. The number of carboxylic acids is 1. The highest BCUT2D eigenvalue weighted by molar-refractivity contribution is 5.95. The van der Waals surface area contributed by atoms with E-state index in [0.29, 0.717) is 17.0 Å². The van der Waals surface area contributed by atoms with Crippen molar-refractivity contribution in [3.63, 3.8) is 0 Å². The molecule has 0 spiro atoms. The van der Waals surface area contributed by atoms with E-state index in [0.717, 1.165) is 6.07 Å². The maximum atomic E-state index is 13.5. The summed E-state index contributed by atoms with van der Waals surface area (Å²) in [6, 6.07) is 8.98. The van der Waals surface area contributed by atoms with Crippen LogP contribution in [0, 0.1) is 17.1 Å². The zero-order chi connectivity index (χ0) is 19.1. The molecule has 1 aromatic carbocycles. The largest absolute Gasteiger partial charge is 0.481 e. The van der Waals surface area contributed by atoms with Gasteiger partial charge in [0.15, 0.2) is 0 Å². The van der Waals surface area contributed by atoms with Crippen LogP contribution in [0.5, 0.6) is 0 Å². The van der Waals surface area contributed by atoms with Crippen molar-refractivity contribution in [3.8, 4) is 6.07 Å². The average molecular weight is 355 g/mol. The fourth-order valence-electron chi connectivity index (χ4n) is 3.46. The predicted octanol–water partition coefficient (Wildman–Crippen LogP) is 2.63. The second-order valence-electron chi connectivity index (χ2n) is 7.09. The highest BCUT2D eigenvalue weighted by Gasteiger charge is 2.40. The van der Waals surface area contributed by atoms with Crippen molar-refractivity contribution in [2.24, 2.45) is 0 Å². The van der Waals surface area contributed by atoms with Gasteiger partial charge < -0.3 is 15.0 Å². The molecule has 3 rings (SSSR count). The SMILES string of the molecule is CC1(C)CN(C(=O)c2cccc(F)c2)CC(C(=O)O)c2[nH]c(C#N)cc21. The van der Waals surface area contributed by atoms with Gasteiger partial charge in [0.25, 0.3) is 5.91 Å². The normalized spacial score (nSPS) is 18.5. The molecule has 1 atom stereocenters. The van der Waals surface area contributed by atoms with E-state index in [2.05, 4.69) is 4.98 Å². The van der Waals surface area contributed by atoms with Gasteiger partial charge in [-0.1, -0.05) is 19.9 Å². The molecular weight excluding hydrogens is 337 g/mol. The number of aromatic nitrogens is 1. The maximum absolute atomic E-state index is 13.5. The lowest BCUT2D eigenvalue weighted by molar-refractivity contribution is -0.139. The number of carbonyl (C=O) groups is 2. The molecule has 6 nitrogen and oxygen atoms in total. The fourth-order valence-corrected chi connectivity index (χ4v) is 3.46. The number of fused-ring (bicyclic) bond motifs is 1. The lowest BCUT2D eigenvalue weighted by Gasteiger charge is -2.30. The van der Waals surface area contributed by atoms with Crippen molar-refractivity contribution in [2.45, 2.75) is 25.2 Å².